The summed E-state index contributed by atoms with van der Waals surface area (Å²) in [6.07, 6.45) is -2.27. The molecule has 0 aliphatic rings. The molecule has 0 fully saturated rings. The van der Waals surface area contributed by atoms with Gasteiger partial charge in [0.05, 0.1) is 11.6 Å². The first kappa shape index (κ1) is 16.2. The fourth-order valence-corrected chi connectivity index (χ4v) is 2.63. The standard InChI is InChI=1S/C13H10BrClF3N3/c14-11-2-1-7(15)5-8(11)12(21-19)9-6-20-4-3-10(9)13(16,17)18/h1-6,12,21H,19H2. The van der Waals surface area contributed by atoms with Crippen molar-refractivity contribution in [2.45, 2.75) is 12.2 Å². The van der Waals surface area contributed by atoms with E-state index >= 15 is 0 Å². The molecule has 1 aromatic heterocycles. The average molecular weight is 381 g/mol. The predicted molar refractivity (Wildman–Crippen MR) is 77.6 cm³/mol. The zero-order chi connectivity index (χ0) is 15.6. The van der Waals surface area contributed by atoms with E-state index in [-0.39, 0.29) is 5.56 Å². The van der Waals surface area contributed by atoms with E-state index in [9.17, 15) is 13.2 Å². The van der Waals surface area contributed by atoms with Gasteiger partial charge >= 0.3 is 6.18 Å². The highest BCUT2D eigenvalue weighted by molar-refractivity contribution is 9.10. The maximum absolute atomic E-state index is 13.1. The van der Waals surface area contributed by atoms with Gasteiger partial charge in [-0.1, -0.05) is 27.5 Å². The summed E-state index contributed by atoms with van der Waals surface area (Å²) in [6.45, 7) is 0. The Hall–Kier alpha value is -1.15. The Morgan fingerprint density at radius 1 is 1.24 bits per heavy atom. The van der Waals surface area contributed by atoms with Crippen LogP contribution in [-0.2, 0) is 6.18 Å². The van der Waals surface area contributed by atoms with Crippen LogP contribution in [0.4, 0.5) is 13.2 Å². The molecule has 3 N–H and O–H groups in total. The number of hydrogen-bond donors (Lipinski definition) is 2. The van der Waals surface area contributed by atoms with Crippen molar-refractivity contribution in [1.29, 1.82) is 0 Å². The molecule has 0 aliphatic heterocycles. The molecule has 2 rings (SSSR count). The topological polar surface area (TPSA) is 50.9 Å². The molecular formula is C13H10BrClF3N3. The number of benzene rings is 1. The molecule has 21 heavy (non-hydrogen) atoms. The SMILES string of the molecule is NNC(c1cc(Cl)ccc1Br)c1cnccc1C(F)(F)F. The maximum Gasteiger partial charge on any atom is 0.416 e. The highest BCUT2D eigenvalue weighted by Crippen LogP contribution is 2.38. The molecule has 112 valence electrons. The molecule has 0 saturated heterocycles. The summed E-state index contributed by atoms with van der Waals surface area (Å²) in [6, 6.07) is 4.83. The minimum Gasteiger partial charge on any atom is -0.271 e. The number of nitrogens with zero attached hydrogens (tertiary/aromatic N) is 1. The number of hydrogen-bond acceptors (Lipinski definition) is 3. The van der Waals surface area contributed by atoms with Gasteiger partial charge in [-0.2, -0.15) is 13.2 Å². The Morgan fingerprint density at radius 2 is 1.95 bits per heavy atom. The fourth-order valence-electron chi connectivity index (χ4n) is 1.98. The Morgan fingerprint density at radius 3 is 2.57 bits per heavy atom. The van der Waals surface area contributed by atoms with Crippen LogP contribution in [0.1, 0.15) is 22.7 Å². The van der Waals surface area contributed by atoms with Gasteiger partial charge in [0.15, 0.2) is 0 Å². The number of hydrazine groups is 1. The van der Waals surface area contributed by atoms with Crippen LogP contribution < -0.4 is 11.3 Å². The van der Waals surface area contributed by atoms with Crippen molar-refractivity contribution in [2.24, 2.45) is 5.84 Å². The van der Waals surface area contributed by atoms with Gasteiger partial charge in [0.1, 0.15) is 0 Å². The highest BCUT2D eigenvalue weighted by atomic mass is 79.9. The molecule has 1 unspecified atom stereocenters. The van der Waals surface area contributed by atoms with Crippen LogP contribution in [0.15, 0.2) is 41.1 Å². The Labute approximate surface area is 132 Å². The monoisotopic (exact) mass is 379 g/mol. The largest absolute Gasteiger partial charge is 0.416 e. The van der Waals surface area contributed by atoms with Crippen molar-refractivity contribution in [2.75, 3.05) is 0 Å². The second-order valence-electron chi connectivity index (χ2n) is 4.23. The number of aromatic nitrogens is 1. The molecule has 0 saturated carbocycles. The summed E-state index contributed by atoms with van der Waals surface area (Å²) >= 11 is 9.20. The number of rotatable bonds is 3. The van der Waals surface area contributed by atoms with E-state index in [0.717, 1.165) is 18.5 Å². The predicted octanol–water partition coefficient (Wildman–Crippen LogP) is 4.07. The maximum atomic E-state index is 13.1. The molecule has 3 nitrogen and oxygen atoms in total. The van der Waals surface area contributed by atoms with Gasteiger partial charge in [-0.05, 0) is 29.8 Å². The summed E-state index contributed by atoms with van der Waals surface area (Å²) in [7, 11) is 0. The smallest absolute Gasteiger partial charge is 0.271 e. The lowest BCUT2D eigenvalue weighted by atomic mass is 9.96. The zero-order valence-corrected chi connectivity index (χ0v) is 12.8. The molecule has 0 aliphatic carbocycles. The Balaban J connectivity index is 2.60. The third-order valence-electron chi connectivity index (χ3n) is 2.90. The number of nitrogens with one attached hydrogen (secondary N) is 1. The Bertz CT molecular complexity index is 649. The van der Waals surface area contributed by atoms with Crippen molar-refractivity contribution < 1.29 is 13.2 Å². The van der Waals surface area contributed by atoms with Crippen LogP contribution in [0, 0.1) is 0 Å². The second-order valence-corrected chi connectivity index (χ2v) is 5.52. The molecular weight excluding hydrogens is 371 g/mol. The van der Waals surface area contributed by atoms with Gasteiger partial charge in [-0.25, -0.2) is 5.43 Å². The van der Waals surface area contributed by atoms with E-state index < -0.39 is 17.8 Å². The van der Waals surface area contributed by atoms with E-state index in [1.807, 2.05) is 0 Å². The van der Waals surface area contributed by atoms with Gasteiger partial charge in [-0.15, -0.1) is 0 Å². The van der Waals surface area contributed by atoms with Crippen LogP contribution in [0.3, 0.4) is 0 Å². The molecule has 8 heteroatoms. The number of nitrogens with two attached hydrogens (primary N) is 1. The van der Waals surface area contributed by atoms with E-state index in [0.29, 0.717) is 15.1 Å². The van der Waals surface area contributed by atoms with Crippen molar-refractivity contribution >= 4 is 27.5 Å². The average Bonchev–Trinajstić information content (AvgIpc) is 2.43. The third kappa shape index (κ3) is 3.55. The molecule has 1 heterocycles. The lowest BCUT2D eigenvalue weighted by molar-refractivity contribution is -0.138. The van der Waals surface area contributed by atoms with Crippen LogP contribution in [0.2, 0.25) is 5.02 Å². The molecule has 0 amide bonds. The summed E-state index contributed by atoms with van der Waals surface area (Å²) in [5.74, 6) is 5.46. The van der Waals surface area contributed by atoms with Gasteiger partial charge in [0.25, 0.3) is 0 Å². The lowest BCUT2D eigenvalue weighted by Gasteiger charge is -2.22. The zero-order valence-electron chi connectivity index (χ0n) is 10.5. The minimum absolute atomic E-state index is 0.0736. The molecule has 0 spiro atoms. The van der Waals surface area contributed by atoms with E-state index in [1.165, 1.54) is 0 Å². The van der Waals surface area contributed by atoms with Crippen molar-refractivity contribution in [3.8, 4) is 0 Å². The summed E-state index contributed by atoms with van der Waals surface area (Å²) in [5, 5.41) is 0.394. The highest BCUT2D eigenvalue weighted by Gasteiger charge is 2.35. The number of alkyl halides is 3. The lowest BCUT2D eigenvalue weighted by Crippen LogP contribution is -2.31. The van der Waals surface area contributed by atoms with Crippen molar-refractivity contribution in [3.63, 3.8) is 0 Å². The fraction of sp³-hybridized carbons (Fsp3) is 0.154. The van der Waals surface area contributed by atoms with Crippen LogP contribution in [0.5, 0.6) is 0 Å². The minimum atomic E-state index is -4.50. The summed E-state index contributed by atoms with van der Waals surface area (Å²) in [4.78, 5) is 3.76. The second kappa shape index (κ2) is 6.31. The first-order valence-electron chi connectivity index (χ1n) is 5.76. The van der Waals surface area contributed by atoms with Crippen LogP contribution in [0.25, 0.3) is 0 Å². The number of pyridine rings is 1. The van der Waals surface area contributed by atoms with Gasteiger partial charge in [-0.3, -0.25) is 10.8 Å². The molecule has 0 bridgehead atoms. The van der Waals surface area contributed by atoms with E-state index in [1.54, 1.807) is 18.2 Å². The van der Waals surface area contributed by atoms with Crippen molar-refractivity contribution in [1.82, 2.24) is 10.4 Å². The summed E-state index contributed by atoms with van der Waals surface area (Å²) in [5.41, 5.74) is 2.00. The first-order chi connectivity index (χ1) is 9.84. The van der Waals surface area contributed by atoms with E-state index in [4.69, 9.17) is 17.4 Å². The first-order valence-corrected chi connectivity index (χ1v) is 6.94. The van der Waals surface area contributed by atoms with Gasteiger partial charge in [0.2, 0.25) is 0 Å². The van der Waals surface area contributed by atoms with Crippen molar-refractivity contribution in [3.05, 3.63) is 62.8 Å². The van der Waals surface area contributed by atoms with Crippen LogP contribution in [-0.4, -0.2) is 4.98 Å². The van der Waals surface area contributed by atoms with Gasteiger partial charge < -0.3 is 0 Å². The molecule has 2 aromatic rings. The third-order valence-corrected chi connectivity index (χ3v) is 3.86. The van der Waals surface area contributed by atoms with Gasteiger partial charge in [0, 0.05) is 27.5 Å². The summed E-state index contributed by atoms with van der Waals surface area (Å²) < 4.78 is 39.9. The normalized spacial score (nSPS) is 13.2. The van der Waals surface area contributed by atoms with Crippen LogP contribution >= 0.6 is 27.5 Å². The molecule has 0 radical (unpaired) electrons. The molecule has 1 atom stereocenters. The van der Waals surface area contributed by atoms with E-state index in [2.05, 4.69) is 26.3 Å². The number of halogens is 5. The Kier molecular flexibility index (Phi) is 4.88. The quantitative estimate of drug-likeness (QED) is 0.623. The molecule has 1 aromatic carbocycles.